The molecule has 0 aliphatic carbocycles. The van der Waals surface area contributed by atoms with Crippen LogP contribution in [0.1, 0.15) is 27.2 Å². The highest BCUT2D eigenvalue weighted by Crippen LogP contribution is 2.14. The van der Waals surface area contributed by atoms with Gasteiger partial charge in [0.2, 0.25) is 0 Å². The third kappa shape index (κ3) is 3.79. The zero-order chi connectivity index (χ0) is 22.0. The van der Waals surface area contributed by atoms with E-state index >= 15 is 0 Å². The summed E-state index contributed by atoms with van der Waals surface area (Å²) in [5, 5.41) is 11.9. The van der Waals surface area contributed by atoms with Crippen LogP contribution < -0.4 is 11.0 Å². The monoisotopic (exact) mass is 433 g/mol. The van der Waals surface area contributed by atoms with Gasteiger partial charge in [0, 0.05) is 26.5 Å². The number of carbonyl (C=O) groups is 1. The molecule has 0 radical (unpaired) electrons. The highest BCUT2D eigenvalue weighted by molar-refractivity contribution is 7.12. The van der Waals surface area contributed by atoms with Gasteiger partial charge < -0.3 is 9.30 Å². The number of thiophene rings is 1. The van der Waals surface area contributed by atoms with Crippen LogP contribution >= 0.6 is 11.3 Å². The summed E-state index contributed by atoms with van der Waals surface area (Å²) in [7, 11) is 1.60. The van der Waals surface area contributed by atoms with Crippen LogP contribution in [0.4, 0.5) is 0 Å². The Hall–Kier alpha value is -3.61. The van der Waals surface area contributed by atoms with Gasteiger partial charge in [0.15, 0.2) is 5.49 Å². The second kappa shape index (κ2) is 8.63. The molecule has 4 heterocycles. The van der Waals surface area contributed by atoms with Gasteiger partial charge in [-0.3, -0.25) is 14.0 Å². The quantitative estimate of drug-likeness (QED) is 0.356. The van der Waals surface area contributed by atoms with Gasteiger partial charge in [0.25, 0.3) is 11.5 Å². The van der Waals surface area contributed by atoms with E-state index in [9.17, 15) is 14.9 Å². The molecule has 0 aliphatic heterocycles. The molecule has 0 N–H and O–H groups in total. The number of ether oxygens (including phenoxy) is 1. The Morgan fingerprint density at radius 2 is 2.16 bits per heavy atom. The Kier molecular flexibility index (Phi) is 5.75. The Morgan fingerprint density at radius 3 is 2.87 bits per heavy atom. The first kappa shape index (κ1) is 20.7. The average Bonchev–Trinajstić information content (AvgIpc) is 3.31. The van der Waals surface area contributed by atoms with E-state index < -0.39 is 5.91 Å². The van der Waals surface area contributed by atoms with Crippen molar-refractivity contribution in [3.8, 4) is 6.07 Å². The van der Waals surface area contributed by atoms with Crippen LogP contribution in [0.5, 0.6) is 0 Å². The van der Waals surface area contributed by atoms with Crippen molar-refractivity contribution in [2.45, 2.75) is 19.9 Å². The molecule has 0 unspecified atom stereocenters. The van der Waals surface area contributed by atoms with Gasteiger partial charge in [-0.05, 0) is 42.5 Å². The highest BCUT2D eigenvalue weighted by Gasteiger charge is 2.16. The fraction of sp³-hybridized carbons (Fsp3) is 0.227. The zero-order valence-corrected chi connectivity index (χ0v) is 17.8. The fourth-order valence-corrected chi connectivity index (χ4v) is 4.03. The van der Waals surface area contributed by atoms with Gasteiger partial charge >= 0.3 is 0 Å². The molecule has 0 saturated carbocycles. The highest BCUT2D eigenvalue weighted by atomic mass is 32.1. The van der Waals surface area contributed by atoms with E-state index in [0.29, 0.717) is 41.1 Å². The number of aryl methyl sites for hydroxylation is 2. The summed E-state index contributed by atoms with van der Waals surface area (Å²) in [4.78, 5) is 35.3. The summed E-state index contributed by atoms with van der Waals surface area (Å²) in [6.07, 6.45) is 2.24. The van der Waals surface area contributed by atoms with E-state index in [1.54, 1.807) is 41.5 Å². The molecule has 4 aromatic rings. The van der Waals surface area contributed by atoms with Crippen molar-refractivity contribution < 1.29 is 9.53 Å². The maximum absolute atomic E-state index is 13.2. The predicted molar refractivity (Wildman–Crippen MR) is 117 cm³/mol. The van der Waals surface area contributed by atoms with Crippen molar-refractivity contribution >= 4 is 33.9 Å². The van der Waals surface area contributed by atoms with Crippen LogP contribution in [-0.2, 0) is 11.3 Å². The summed E-state index contributed by atoms with van der Waals surface area (Å²) < 4.78 is 8.30. The number of rotatable bonds is 5. The molecule has 4 rings (SSSR count). The SMILES string of the molecule is COCCCn1c(=NC(=O)c2cccs2)c(C#N)cc2c(=O)n3cccc(C)c3nc21. The van der Waals surface area contributed by atoms with Gasteiger partial charge in [-0.15, -0.1) is 11.3 Å². The molecule has 8 nitrogen and oxygen atoms in total. The average molecular weight is 433 g/mol. The van der Waals surface area contributed by atoms with Gasteiger partial charge in [0.1, 0.15) is 17.4 Å². The van der Waals surface area contributed by atoms with Crippen LogP contribution in [0.3, 0.4) is 0 Å². The number of nitrogens with zero attached hydrogens (tertiary/aromatic N) is 5. The number of amides is 1. The number of nitriles is 1. The first-order chi connectivity index (χ1) is 15.0. The van der Waals surface area contributed by atoms with Gasteiger partial charge in [-0.2, -0.15) is 10.3 Å². The minimum absolute atomic E-state index is 0.140. The van der Waals surface area contributed by atoms with E-state index in [1.807, 2.05) is 13.0 Å². The maximum Gasteiger partial charge on any atom is 0.289 e. The molecule has 0 aromatic carbocycles. The molecule has 0 saturated heterocycles. The number of aromatic nitrogens is 3. The molecule has 0 bridgehead atoms. The molecule has 0 atom stereocenters. The molecule has 0 spiro atoms. The lowest BCUT2D eigenvalue weighted by Gasteiger charge is -2.14. The van der Waals surface area contributed by atoms with Crippen molar-refractivity contribution in [2.24, 2.45) is 4.99 Å². The lowest BCUT2D eigenvalue weighted by Crippen LogP contribution is -2.30. The minimum Gasteiger partial charge on any atom is -0.385 e. The Balaban J connectivity index is 2.10. The molecule has 0 fully saturated rings. The second-order valence-electron chi connectivity index (χ2n) is 6.92. The predicted octanol–water partition coefficient (Wildman–Crippen LogP) is 2.67. The third-order valence-corrected chi connectivity index (χ3v) is 5.75. The molecule has 1 amide bonds. The lowest BCUT2D eigenvalue weighted by molar-refractivity contribution is 0.100. The Labute approximate surface area is 181 Å². The van der Waals surface area contributed by atoms with Crippen LogP contribution in [-0.4, -0.2) is 33.6 Å². The largest absolute Gasteiger partial charge is 0.385 e. The topological polar surface area (TPSA) is 102 Å². The van der Waals surface area contributed by atoms with E-state index in [2.05, 4.69) is 11.1 Å². The number of fused-ring (bicyclic) bond motifs is 2. The number of methoxy groups -OCH3 is 1. The van der Waals surface area contributed by atoms with Crippen molar-refractivity contribution in [2.75, 3.05) is 13.7 Å². The van der Waals surface area contributed by atoms with E-state index in [0.717, 1.165) is 5.56 Å². The van der Waals surface area contributed by atoms with Gasteiger partial charge in [-0.1, -0.05) is 12.1 Å². The summed E-state index contributed by atoms with van der Waals surface area (Å²) in [5.74, 6) is -0.444. The van der Waals surface area contributed by atoms with Crippen molar-refractivity contribution in [1.29, 1.82) is 5.26 Å². The van der Waals surface area contributed by atoms with E-state index in [4.69, 9.17) is 9.72 Å². The standard InChI is InChI=1S/C22H19N5O3S/c1-14-6-3-8-27-18(14)24-20-16(22(27)29)12-15(13-23)19(26(20)9-5-10-30-2)25-21(28)17-7-4-11-31-17/h3-4,6-8,11-12H,5,9-10H2,1-2H3. The molecule has 0 aliphatic rings. The van der Waals surface area contributed by atoms with Crippen LogP contribution in [0, 0.1) is 18.3 Å². The first-order valence-electron chi connectivity index (χ1n) is 9.62. The van der Waals surface area contributed by atoms with Crippen LogP contribution in [0.25, 0.3) is 16.7 Å². The van der Waals surface area contributed by atoms with Gasteiger partial charge in [0.05, 0.1) is 15.8 Å². The molecular weight excluding hydrogens is 414 g/mol. The molecule has 156 valence electrons. The Morgan fingerprint density at radius 1 is 1.32 bits per heavy atom. The first-order valence-corrected chi connectivity index (χ1v) is 10.5. The third-order valence-electron chi connectivity index (χ3n) is 4.90. The van der Waals surface area contributed by atoms with Crippen LogP contribution in [0.2, 0.25) is 0 Å². The number of hydrogen-bond acceptors (Lipinski definition) is 6. The minimum atomic E-state index is -0.444. The maximum atomic E-state index is 13.2. The van der Waals surface area contributed by atoms with Crippen LogP contribution in [0.15, 0.2) is 51.7 Å². The summed E-state index contributed by atoms with van der Waals surface area (Å²) in [5.41, 5.74) is 1.78. The van der Waals surface area contributed by atoms with E-state index in [-0.39, 0.29) is 16.6 Å². The number of pyridine rings is 2. The van der Waals surface area contributed by atoms with E-state index in [1.165, 1.54) is 21.8 Å². The molecule has 9 heteroatoms. The van der Waals surface area contributed by atoms with Crippen molar-refractivity contribution in [3.05, 3.63) is 73.8 Å². The molecular formula is C22H19N5O3S. The Bertz CT molecular complexity index is 1460. The smallest absolute Gasteiger partial charge is 0.289 e. The second-order valence-corrected chi connectivity index (χ2v) is 7.87. The molecule has 4 aromatic heterocycles. The summed E-state index contributed by atoms with van der Waals surface area (Å²) in [6.45, 7) is 2.72. The summed E-state index contributed by atoms with van der Waals surface area (Å²) >= 11 is 1.28. The summed E-state index contributed by atoms with van der Waals surface area (Å²) in [6, 6.07) is 10.6. The molecule has 31 heavy (non-hydrogen) atoms. The fourth-order valence-electron chi connectivity index (χ4n) is 3.42. The van der Waals surface area contributed by atoms with Crippen molar-refractivity contribution in [1.82, 2.24) is 14.0 Å². The lowest BCUT2D eigenvalue weighted by atomic mass is 10.2. The number of hydrogen-bond donors (Lipinski definition) is 0. The van der Waals surface area contributed by atoms with Gasteiger partial charge in [-0.25, -0.2) is 4.98 Å². The van der Waals surface area contributed by atoms with Crippen molar-refractivity contribution in [3.63, 3.8) is 0 Å². The number of carbonyl (C=O) groups excluding carboxylic acids is 1. The normalized spacial score (nSPS) is 11.8. The zero-order valence-electron chi connectivity index (χ0n) is 17.0.